The van der Waals surface area contributed by atoms with Crippen molar-refractivity contribution < 1.29 is 52.3 Å². The number of likely N-dealkylation sites (N-methyl/N-ethyl adjacent to an activating group) is 1. The molecule has 13 nitrogen and oxygen atoms in total. The zero-order valence-electron chi connectivity index (χ0n) is 22.6. The second-order valence-electron chi connectivity index (χ2n) is 10.4. The number of hydrogen-bond donors (Lipinski definition) is 2. The van der Waals surface area contributed by atoms with Crippen molar-refractivity contribution in [3.05, 3.63) is 0 Å². The third-order valence-corrected chi connectivity index (χ3v) is 6.10. The van der Waals surface area contributed by atoms with Gasteiger partial charge in [-0.05, 0) is 0 Å². The van der Waals surface area contributed by atoms with Crippen molar-refractivity contribution in [2.24, 2.45) is 5.41 Å². The average Bonchev–Trinajstić information content (AvgIpc) is 2.80. The summed E-state index contributed by atoms with van der Waals surface area (Å²) < 4.78 is 15.8. The molecule has 214 valence electrons. The van der Waals surface area contributed by atoms with E-state index in [2.05, 4.69) is 10.6 Å². The molecule has 1 rings (SSSR count). The summed E-state index contributed by atoms with van der Waals surface area (Å²) in [5.41, 5.74) is -1.31. The largest absolute Gasteiger partial charge is 0.465 e. The van der Waals surface area contributed by atoms with E-state index in [-0.39, 0.29) is 56.2 Å². The molecule has 0 bridgehead atoms. The first kappa shape index (κ1) is 33.0. The fourth-order valence-corrected chi connectivity index (χ4v) is 3.68. The maximum absolute atomic E-state index is 12.9. The molecule has 0 aromatic heterocycles. The van der Waals surface area contributed by atoms with Crippen molar-refractivity contribution in [2.75, 3.05) is 59.7 Å². The van der Waals surface area contributed by atoms with Crippen molar-refractivity contribution in [1.82, 2.24) is 10.6 Å². The number of nitrogens with zero attached hydrogens (tertiary/aromatic N) is 1. The highest BCUT2D eigenvalue weighted by atomic mass is 32.2. The van der Waals surface area contributed by atoms with Gasteiger partial charge in [0.05, 0.1) is 34.0 Å². The highest BCUT2D eigenvalue weighted by Gasteiger charge is 2.41. The smallest absolute Gasteiger partial charge is 0.418 e. The molecule has 0 aromatic carbocycles. The highest BCUT2D eigenvalue weighted by Crippen LogP contribution is 2.25. The fourth-order valence-electron chi connectivity index (χ4n) is 2.99. The first-order chi connectivity index (χ1) is 17.6. The minimum Gasteiger partial charge on any atom is -0.465 e. The van der Waals surface area contributed by atoms with Crippen molar-refractivity contribution in [3.63, 3.8) is 0 Å². The normalized spacial score (nSPS) is 21.1. The van der Waals surface area contributed by atoms with E-state index in [4.69, 9.17) is 14.2 Å². The SMILES string of the molecule is CC1(C)COC(=O)CCC(=O)CC(=O)SCCNC(=O)CCNC(=O)[C@@H]1OC(=O)C(=O)OCC[N+](C)(C)C. The molecule has 2 amide bonds. The number of quaternary nitrogens is 1. The maximum Gasteiger partial charge on any atom is 0.418 e. The van der Waals surface area contributed by atoms with Crippen LogP contribution >= 0.6 is 11.8 Å². The first-order valence-corrected chi connectivity index (χ1v) is 13.1. The molecule has 0 radical (unpaired) electrons. The van der Waals surface area contributed by atoms with Gasteiger partial charge in [0, 0.05) is 37.1 Å². The van der Waals surface area contributed by atoms with Crippen LogP contribution in [0.4, 0.5) is 0 Å². The summed E-state index contributed by atoms with van der Waals surface area (Å²) in [7, 11) is 5.62. The van der Waals surface area contributed by atoms with Crippen LogP contribution in [0, 0.1) is 5.41 Å². The molecule has 38 heavy (non-hydrogen) atoms. The van der Waals surface area contributed by atoms with Crippen LogP contribution in [0.5, 0.6) is 0 Å². The van der Waals surface area contributed by atoms with Crippen LogP contribution in [-0.4, -0.2) is 111 Å². The van der Waals surface area contributed by atoms with E-state index >= 15 is 0 Å². The molecule has 0 spiro atoms. The van der Waals surface area contributed by atoms with Crippen molar-refractivity contribution in [1.29, 1.82) is 0 Å². The zero-order chi connectivity index (χ0) is 28.9. The van der Waals surface area contributed by atoms with Gasteiger partial charge >= 0.3 is 17.9 Å². The van der Waals surface area contributed by atoms with E-state index in [0.717, 1.165) is 11.8 Å². The van der Waals surface area contributed by atoms with Crippen LogP contribution in [0.3, 0.4) is 0 Å². The van der Waals surface area contributed by atoms with Gasteiger partial charge in [0.25, 0.3) is 5.91 Å². The lowest BCUT2D eigenvalue weighted by molar-refractivity contribution is -0.870. The van der Waals surface area contributed by atoms with Crippen LogP contribution < -0.4 is 10.6 Å². The molecule has 14 heteroatoms. The Morgan fingerprint density at radius 1 is 1.00 bits per heavy atom. The van der Waals surface area contributed by atoms with Gasteiger partial charge in [0.2, 0.25) is 5.91 Å². The molecule has 0 aliphatic carbocycles. The Morgan fingerprint density at radius 3 is 2.34 bits per heavy atom. The van der Waals surface area contributed by atoms with Crippen molar-refractivity contribution in [3.8, 4) is 0 Å². The van der Waals surface area contributed by atoms with Gasteiger partial charge in [-0.1, -0.05) is 25.6 Å². The third kappa shape index (κ3) is 13.5. The van der Waals surface area contributed by atoms with Gasteiger partial charge in [-0.25, -0.2) is 9.59 Å². The number of thioether (sulfide) groups is 1. The number of Topliss-reactive ketones (excluding diaryl/α,β-unsaturated/α-hetero) is 1. The average molecular weight is 561 g/mol. The second kappa shape index (κ2) is 15.4. The van der Waals surface area contributed by atoms with E-state index in [1.54, 1.807) is 0 Å². The number of carbonyl (C=O) groups is 7. The molecular weight excluding hydrogens is 522 g/mol. The molecule has 1 heterocycles. The lowest BCUT2D eigenvalue weighted by atomic mass is 9.86. The van der Waals surface area contributed by atoms with E-state index in [0.29, 0.717) is 11.0 Å². The van der Waals surface area contributed by atoms with Gasteiger partial charge in [0.15, 0.2) is 11.2 Å². The molecule has 0 saturated carbocycles. The monoisotopic (exact) mass is 560 g/mol. The topological polar surface area (TPSA) is 171 Å². The molecule has 1 aliphatic rings. The predicted molar refractivity (Wildman–Crippen MR) is 135 cm³/mol. The Bertz CT molecular complexity index is 914. The molecule has 0 aromatic rings. The summed E-state index contributed by atoms with van der Waals surface area (Å²) in [5, 5.41) is 4.71. The Kier molecular flexibility index (Phi) is 13.4. The first-order valence-electron chi connectivity index (χ1n) is 12.2. The van der Waals surface area contributed by atoms with Crippen LogP contribution in [0.1, 0.15) is 39.5 Å². The number of carbonyl (C=O) groups excluding carboxylic acids is 7. The van der Waals surface area contributed by atoms with Gasteiger partial charge in [-0.3, -0.25) is 24.0 Å². The number of hydrogen-bond acceptors (Lipinski definition) is 11. The lowest BCUT2D eigenvalue weighted by Gasteiger charge is -2.32. The van der Waals surface area contributed by atoms with Gasteiger partial charge in [0.1, 0.15) is 25.5 Å². The van der Waals surface area contributed by atoms with E-state index < -0.39 is 53.6 Å². The standard InChI is InChI=1S/C24H37N3O10S/c1-24(2)15-36-18(30)7-6-16(28)14-19(31)38-13-10-25-17(29)8-9-26-21(32)20(24)37-23(34)22(33)35-12-11-27(3,4)5/h20H,6-15H2,1-5H3,(H-,25,26,29,32)/p+1/t20-/m0/s1. The molecule has 1 saturated heterocycles. The van der Waals surface area contributed by atoms with Gasteiger partial charge < -0.3 is 29.3 Å². The van der Waals surface area contributed by atoms with Crippen LogP contribution in [0.25, 0.3) is 0 Å². The Morgan fingerprint density at radius 2 is 1.68 bits per heavy atom. The molecule has 1 atom stereocenters. The highest BCUT2D eigenvalue weighted by molar-refractivity contribution is 8.13. The maximum atomic E-state index is 12.9. The summed E-state index contributed by atoms with van der Waals surface area (Å²) in [4.78, 5) is 85.6. The van der Waals surface area contributed by atoms with Crippen molar-refractivity contribution >= 4 is 52.4 Å². The van der Waals surface area contributed by atoms with Crippen LogP contribution in [-0.2, 0) is 47.8 Å². The molecule has 0 unspecified atom stereocenters. The third-order valence-electron chi connectivity index (χ3n) is 5.23. The van der Waals surface area contributed by atoms with Crippen LogP contribution in [0.2, 0.25) is 0 Å². The molecule has 1 aliphatic heterocycles. The van der Waals surface area contributed by atoms with E-state index in [1.807, 2.05) is 21.1 Å². The quantitative estimate of drug-likeness (QED) is 0.147. The van der Waals surface area contributed by atoms with Gasteiger partial charge in [-0.2, -0.15) is 0 Å². The van der Waals surface area contributed by atoms with Crippen molar-refractivity contribution in [2.45, 2.75) is 45.6 Å². The zero-order valence-corrected chi connectivity index (χ0v) is 23.4. The lowest BCUT2D eigenvalue weighted by Crippen LogP contribution is -2.50. The number of ketones is 1. The summed E-state index contributed by atoms with van der Waals surface area (Å²) in [6.45, 7) is 3.02. The minimum absolute atomic E-state index is 0.0484. The molecule has 1 fully saturated rings. The number of amides is 2. The van der Waals surface area contributed by atoms with E-state index in [1.165, 1.54) is 13.8 Å². The Labute approximate surface area is 226 Å². The fraction of sp³-hybridized carbons (Fsp3) is 0.708. The van der Waals surface area contributed by atoms with Crippen LogP contribution in [0.15, 0.2) is 0 Å². The molecule has 2 N–H and O–H groups in total. The number of nitrogens with one attached hydrogen (secondary N) is 2. The van der Waals surface area contributed by atoms with Gasteiger partial charge in [-0.15, -0.1) is 0 Å². The summed E-state index contributed by atoms with van der Waals surface area (Å²) >= 11 is 0.896. The summed E-state index contributed by atoms with van der Waals surface area (Å²) in [6.07, 6.45) is -2.52. The number of esters is 3. The minimum atomic E-state index is -1.57. The van der Waals surface area contributed by atoms with E-state index in [9.17, 15) is 33.6 Å². The Hall–Kier alpha value is -3.00. The summed E-state index contributed by atoms with van der Waals surface area (Å²) in [5.74, 6) is -4.80. The summed E-state index contributed by atoms with van der Waals surface area (Å²) in [6, 6.07) is 0. The Balaban J connectivity index is 2.97. The second-order valence-corrected chi connectivity index (χ2v) is 11.6. The number of cyclic esters (lactones) is 1. The number of rotatable bonds is 4. The molecular formula is C24H38N3O10S+. The predicted octanol–water partition coefficient (Wildman–Crippen LogP) is -0.648. The number of ether oxygens (including phenoxy) is 3.